The third-order valence-electron chi connectivity index (χ3n) is 4.94. The molecule has 2 aromatic rings. The van der Waals surface area contributed by atoms with Crippen LogP contribution in [0, 0.1) is 11.3 Å². The molecular weight excluding hydrogens is 372 g/mol. The minimum atomic E-state index is 0.0672. The summed E-state index contributed by atoms with van der Waals surface area (Å²) in [4.78, 5) is 27.0. The van der Waals surface area contributed by atoms with Crippen LogP contribution in [0.2, 0.25) is 0 Å². The summed E-state index contributed by atoms with van der Waals surface area (Å²) >= 11 is 0. The van der Waals surface area contributed by atoms with Gasteiger partial charge in [-0.1, -0.05) is 76.2 Å². The second-order valence-corrected chi connectivity index (χ2v) is 9.32. The number of nitrogens with zero attached hydrogens (tertiary/aromatic N) is 1. The van der Waals surface area contributed by atoms with Crippen molar-refractivity contribution in [3.8, 4) is 0 Å². The van der Waals surface area contributed by atoms with Gasteiger partial charge in [0.15, 0.2) is 0 Å². The highest BCUT2D eigenvalue weighted by molar-refractivity contribution is 5.94. The van der Waals surface area contributed by atoms with Crippen LogP contribution in [0.1, 0.15) is 52.5 Å². The highest BCUT2D eigenvalue weighted by atomic mass is 16.2. The molecule has 4 heteroatoms. The van der Waals surface area contributed by atoms with E-state index in [1.165, 1.54) is 0 Å². The van der Waals surface area contributed by atoms with Gasteiger partial charge < -0.3 is 10.2 Å². The largest absolute Gasteiger partial charge is 0.356 e. The molecule has 2 aromatic carbocycles. The molecule has 0 aliphatic rings. The van der Waals surface area contributed by atoms with Crippen molar-refractivity contribution in [3.05, 3.63) is 66.2 Å². The Bertz CT molecular complexity index is 782. The topological polar surface area (TPSA) is 49.4 Å². The highest BCUT2D eigenvalue weighted by Crippen LogP contribution is 2.25. The SMILES string of the molecule is CC(CC(=O)NCCCN(C(=O)Cc1ccccc1)c1ccccc1)CC(C)(C)C. The lowest BCUT2D eigenvalue weighted by molar-refractivity contribution is -0.122. The maximum Gasteiger partial charge on any atom is 0.231 e. The van der Waals surface area contributed by atoms with E-state index in [2.05, 4.69) is 33.0 Å². The number of nitrogens with one attached hydrogen (secondary N) is 1. The van der Waals surface area contributed by atoms with Gasteiger partial charge in [-0.3, -0.25) is 9.59 Å². The molecule has 0 aromatic heterocycles. The molecule has 1 N–H and O–H groups in total. The maximum absolute atomic E-state index is 13.0. The van der Waals surface area contributed by atoms with Crippen molar-refractivity contribution in [3.63, 3.8) is 0 Å². The lowest BCUT2D eigenvalue weighted by atomic mass is 9.84. The van der Waals surface area contributed by atoms with E-state index in [0.29, 0.717) is 31.8 Å². The van der Waals surface area contributed by atoms with E-state index in [0.717, 1.165) is 24.1 Å². The Hall–Kier alpha value is -2.62. The lowest BCUT2D eigenvalue weighted by Crippen LogP contribution is -2.35. The summed E-state index contributed by atoms with van der Waals surface area (Å²) in [5.41, 5.74) is 2.13. The summed E-state index contributed by atoms with van der Waals surface area (Å²) in [6, 6.07) is 19.5. The minimum absolute atomic E-state index is 0.0672. The predicted octanol–water partition coefficient (Wildman–Crippen LogP) is 5.23. The smallest absolute Gasteiger partial charge is 0.231 e. The summed E-state index contributed by atoms with van der Waals surface area (Å²) in [6.45, 7) is 9.88. The van der Waals surface area contributed by atoms with Crippen molar-refractivity contribution in [2.24, 2.45) is 11.3 Å². The Morgan fingerprint density at radius 2 is 1.57 bits per heavy atom. The van der Waals surface area contributed by atoms with E-state index in [-0.39, 0.29) is 17.2 Å². The molecule has 0 aliphatic heterocycles. The molecule has 30 heavy (non-hydrogen) atoms. The number of hydrogen-bond donors (Lipinski definition) is 1. The molecule has 2 amide bonds. The van der Waals surface area contributed by atoms with Crippen molar-refractivity contribution in [1.29, 1.82) is 0 Å². The average Bonchev–Trinajstić information content (AvgIpc) is 2.67. The van der Waals surface area contributed by atoms with Gasteiger partial charge in [0.1, 0.15) is 0 Å². The molecular formula is C26H36N2O2. The first-order chi connectivity index (χ1) is 14.2. The zero-order valence-corrected chi connectivity index (χ0v) is 18.9. The Labute approximate surface area is 181 Å². The Balaban J connectivity index is 1.86. The average molecular weight is 409 g/mol. The summed E-state index contributed by atoms with van der Waals surface area (Å²) in [6.07, 6.45) is 2.66. The fourth-order valence-electron chi connectivity index (χ4n) is 3.84. The van der Waals surface area contributed by atoms with E-state index < -0.39 is 0 Å². The monoisotopic (exact) mass is 408 g/mol. The fraction of sp³-hybridized carbons (Fsp3) is 0.462. The molecule has 2 rings (SSSR count). The van der Waals surface area contributed by atoms with Crippen LogP contribution in [0.3, 0.4) is 0 Å². The number of benzene rings is 2. The zero-order chi connectivity index (χ0) is 22.0. The molecule has 0 fully saturated rings. The normalized spacial score (nSPS) is 12.3. The fourth-order valence-corrected chi connectivity index (χ4v) is 3.84. The molecule has 0 heterocycles. The number of anilines is 1. The first-order valence-electron chi connectivity index (χ1n) is 10.9. The van der Waals surface area contributed by atoms with Crippen molar-refractivity contribution in [2.45, 2.75) is 53.4 Å². The van der Waals surface area contributed by atoms with Crippen LogP contribution < -0.4 is 10.2 Å². The van der Waals surface area contributed by atoms with E-state index >= 15 is 0 Å². The highest BCUT2D eigenvalue weighted by Gasteiger charge is 2.18. The van der Waals surface area contributed by atoms with E-state index in [9.17, 15) is 9.59 Å². The molecule has 4 nitrogen and oxygen atoms in total. The van der Waals surface area contributed by atoms with E-state index in [4.69, 9.17) is 0 Å². The van der Waals surface area contributed by atoms with Crippen molar-refractivity contribution in [2.75, 3.05) is 18.0 Å². The Morgan fingerprint density at radius 3 is 2.17 bits per heavy atom. The lowest BCUT2D eigenvalue weighted by Gasteiger charge is -2.24. The quantitative estimate of drug-likeness (QED) is 0.547. The molecule has 162 valence electrons. The van der Waals surface area contributed by atoms with E-state index in [1.54, 1.807) is 0 Å². The molecule has 1 atom stereocenters. The first kappa shape index (κ1) is 23.7. The number of carbonyl (C=O) groups is 2. The van der Waals surface area contributed by atoms with Crippen LogP contribution in [0.25, 0.3) is 0 Å². The second-order valence-electron chi connectivity index (χ2n) is 9.32. The minimum Gasteiger partial charge on any atom is -0.356 e. The zero-order valence-electron chi connectivity index (χ0n) is 18.9. The van der Waals surface area contributed by atoms with Gasteiger partial charge in [0, 0.05) is 25.2 Å². The van der Waals surface area contributed by atoms with Gasteiger partial charge in [0.05, 0.1) is 6.42 Å². The van der Waals surface area contributed by atoms with Gasteiger partial charge >= 0.3 is 0 Å². The van der Waals surface area contributed by atoms with Crippen LogP contribution in [-0.4, -0.2) is 24.9 Å². The molecule has 0 aliphatic carbocycles. The molecule has 0 radical (unpaired) electrons. The molecule has 0 spiro atoms. The van der Waals surface area contributed by atoms with Crippen LogP contribution in [-0.2, 0) is 16.0 Å². The van der Waals surface area contributed by atoms with Crippen LogP contribution >= 0.6 is 0 Å². The summed E-state index contributed by atoms with van der Waals surface area (Å²) < 4.78 is 0. The van der Waals surface area contributed by atoms with E-state index in [1.807, 2.05) is 65.6 Å². The number of hydrogen-bond acceptors (Lipinski definition) is 2. The van der Waals surface area contributed by atoms with Crippen LogP contribution in [0.4, 0.5) is 5.69 Å². The Kier molecular flexibility index (Phi) is 9.10. The molecule has 0 bridgehead atoms. The third kappa shape index (κ3) is 8.81. The number of carbonyl (C=O) groups excluding carboxylic acids is 2. The molecule has 0 saturated heterocycles. The third-order valence-corrected chi connectivity index (χ3v) is 4.94. The standard InChI is InChI=1S/C26H36N2O2/c1-21(20-26(2,3)4)18-24(29)27-16-11-17-28(23-14-9-6-10-15-23)25(30)19-22-12-7-5-8-13-22/h5-10,12-15,21H,11,16-20H2,1-4H3,(H,27,29). The van der Waals surface area contributed by atoms with Crippen molar-refractivity contribution >= 4 is 17.5 Å². The van der Waals surface area contributed by atoms with Gasteiger partial charge in [-0.25, -0.2) is 0 Å². The van der Waals surface area contributed by atoms with Gasteiger partial charge in [0.2, 0.25) is 11.8 Å². The maximum atomic E-state index is 13.0. The second kappa shape index (κ2) is 11.5. The summed E-state index contributed by atoms with van der Waals surface area (Å²) in [7, 11) is 0. The molecule has 0 saturated carbocycles. The number of amides is 2. The summed E-state index contributed by atoms with van der Waals surface area (Å²) in [5, 5.41) is 3.02. The van der Waals surface area contributed by atoms with Gasteiger partial charge in [-0.05, 0) is 41.9 Å². The number of rotatable bonds is 10. The predicted molar refractivity (Wildman–Crippen MR) is 124 cm³/mol. The van der Waals surface area contributed by atoms with Crippen LogP contribution in [0.5, 0.6) is 0 Å². The van der Waals surface area contributed by atoms with Gasteiger partial charge in [-0.2, -0.15) is 0 Å². The van der Waals surface area contributed by atoms with Gasteiger partial charge in [0.25, 0.3) is 0 Å². The van der Waals surface area contributed by atoms with Crippen molar-refractivity contribution < 1.29 is 9.59 Å². The number of para-hydroxylation sites is 1. The summed E-state index contributed by atoms with van der Waals surface area (Å²) in [5.74, 6) is 0.518. The first-order valence-corrected chi connectivity index (χ1v) is 10.9. The van der Waals surface area contributed by atoms with Gasteiger partial charge in [-0.15, -0.1) is 0 Å². The Morgan fingerprint density at radius 1 is 0.967 bits per heavy atom. The molecule has 1 unspecified atom stereocenters. The van der Waals surface area contributed by atoms with Crippen LogP contribution in [0.15, 0.2) is 60.7 Å². The van der Waals surface area contributed by atoms with Crippen molar-refractivity contribution in [1.82, 2.24) is 5.32 Å².